The summed E-state index contributed by atoms with van der Waals surface area (Å²) in [5.74, 6) is 0.518. The summed E-state index contributed by atoms with van der Waals surface area (Å²) in [4.78, 5) is 24.1. The summed E-state index contributed by atoms with van der Waals surface area (Å²) >= 11 is 1.32. The van der Waals surface area contributed by atoms with Crippen LogP contribution in [0.5, 0.6) is 5.75 Å². The lowest BCUT2D eigenvalue weighted by Gasteiger charge is -2.20. The molecule has 0 aliphatic rings. The van der Waals surface area contributed by atoms with Crippen molar-refractivity contribution < 1.29 is 14.3 Å². The number of imide groups is 1. The number of urea groups is 1. The number of para-hydroxylation sites is 1. The molecule has 0 aliphatic carbocycles. The first kappa shape index (κ1) is 16.4. The highest BCUT2D eigenvalue weighted by molar-refractivity contribution is 8.00. The molecular weight excluding hydrogens is 276 g/mol. The summed E-state index contributed by atoms with van der Waals surface area (Å²) in [5.41, 5.74) is -0.375. The summed E-state index contributed by atoms with van der Waals surface area (Å²) in [6, 6.07) is 6.94. The molecule has 0 saturated heterocycles. The minimum Gasteiger partial charge on any atom is -0.496 e. The maximum Gasteiger partial charge on any atom is 0.321 e. The fourth-order valence-corrected chi connectivity index (χ4v) is 2.24. The van der Waals surface area contributed by atoms with E-state index in [0.717, 1.165) is 4.90 Å². The number of carbonyl (C=O) groups is 2. The number of amides is 3. The Morgan fingerprint density at radius 3 is 2.50 bits per heavy atom. The molecule has 0 saturated carbocycles. The fourth-order valence-electron chi connectivity index (χ4n) is 1.42. The highest BCUT2D eigenvalue weighted by Crippen LogP contribution is 2.28. The smallest absolute Gasteiger partial charge is 0.321 e. The molecule has 0 aromatic heterocycles. The van der Waals surface area contributed by atoms with Crippen LogP contribution in [0.15, 0.2) is 29.2 Å². The normalized spacial score (nSPS) is 10.8. The summed E-state index contributed by atoms with van der Waals surface area (Å²) in [6.45, 7) is 5.54. The Labute approximate surface area is 123 Å². The highest BCUT2D eigenvalue weighted by Gasteiger charge is 2.16. The third-order valence-corrected chi connectivity index (χ3v) is 3.22. The lowest BCUT2D eigenvalue weighted by Crippen LogP contribution is -2.48. The summed E-state index contributed by atoms with van der Waals surface area (Å²) in [6.07, 6.45) is 0. The van der Waals surface area contributed by atoms with E-state index in [1.54, 1.807) is 7.11 Å². The standard InChI is InChI=1S/C14H20N2O3S/c1-14(2,3)16-13(18)15-12(17)9-20-11-8-6-5-7-10(11)19-4/h5-8H,9H2,1-4H3,(H2,15,16,17,18). The van der Waals surface area contributed by atoms with Crippen LogP contribution in [0, 0.1) is 0 Å². The van der Waals surface area contributed by atoms with Crippen molar-refractivity contribution in [3.63, 3.8) is 0 Å². The average molecular weight is 296 g/mol. The lowest BCUT2D eigenvalue weighted by atomic mass is 10.1. The van der Waals surface area contributed by atoms with E-state index >= 15 is 0 Å². The fraction of sp³-hybridized carbons (Fsp3) is 0.429. The first-order chi connectivity index (χ1) is 9.31. The van der Waals surface area contributed by atoms with Gasteiger partial charge in [0, 0.05) is 10.4 Å². The topological polar surface area (TPSA) is 67.4 Å². The van der Waals surface area contributed by atoms with E-state index in [2.05, 4.69) is 10.6 Å². The molecule has 1 aromatic rings. The Morgan fingerprint density at radius 1 is 1.25 bits per heavy atom. The van der Waals surface area contributed by atoms with Crippen molar-refractivity contribution in [2.75, 3.05) is 12.9 Å². The minimum atomic E-state index is -0.483. The molecule has 0 unspecified atom stereocenters. The molecule has 6 heteroatoms. The molecule has 110 valence electrons. The zero-order chi connectivity index (χ0) is 15.2. The zero-order valence-corrected chi connectivity index (χ0v) is 13.0. The van der Waals surface area contributed by atoms with Gasteiger partial charge in [-0.3, -0.25) is 10.1 Å². The van der Waals surface area contributed by atoms with Gasteiger partial charge in [0.2, 0.25) is 5.91 Å². The largest absolute Gasteiger partial charge is 0.496 e. The van der Waals surface area contributed by atoms with E-state index in [1.165, 1.54) is 11.8 Å². The van der Waals surface area contributed by atoms with Crippen LogP contribution in [-0.4, -0.2) is 30.3 Å². The van der Waals surface area contributed by atoms with Gasteiger partial charge in [-0.2, -0.15) is 0 Å². The molecule has 2 N–H and O–H groups in total. The summed E-state index contributed by atoms with van der Waals surface area (Å²) < 4.78 is 5.19. The second kappa shape index (κ2) is 7.19. The minimum absolute atomic E-state index is 0.151. The Hall–Kier alpha value is -1.69. The second-order valence-electron chi connectivity index (χ2n) is 5.19. The van der Waals surface area contributed by atoms with Crippen molar-refractivity contribution in [3.05, 3.63) is 24.3 Å². The second-order valence-corrected chi connectivity index (χ2v) is 6.21. The van der Waals surface area contributed by atoms with E-state index in [0.29, 0.717) is 5.75 Å². The van der Waals surface area contributed by atoms with Crippen LogP contribution in [0.2, 0.25) is 0 Å². The number of ether oxygens (including phenoxy) is 1. The molecule has 0 aliphatic heterocycles. The van der Waals surface area contributed by atoms with Gasteiger partial charge < -0.3 is 10.1 Å². The van der Waals surface area contributed by atoms with Gasteiger partial charge in [-0.15, -0.1) is 11.8 Å². The molecular formula is C14H20N2O3S. The maximum absolute atomic E-state index is 11.7. The van der Waals surface area contributed by atoms with Gasteiger partial charge in [0.05, 0.1) is 12.9 Å². The summed E-state index contributed by atoms with van der Waals surface area (Å²) in [5, 5.41) is 4.96. The number of benzene rings is 1. The van der Waals surface area contributed by atoms with Gasteiger partial charge in [-0.1, -0.05) is 12.1 Å². The van der Waals surface area contributed by atoms with Gasteiger partial charge in [-0.05, 0) is 32.9 Å². The summed E-state index contributed by atoms with van der Waals surface area (Å²) in [7, 11) is 1.58. The van der Waals surface area contributed by atoms with Crippen LogP contribution in [-0.2, 0) is 4.79 Å². The van der Waals surface area contributed by atoms with E-state index < -0.39 is 6.03 Å². The van der Waals surface area contributed by atoms with Gasteiger partial charge in [0.25, 0.3) is 0 Å². The molecule has 0 heterocycles. The number of hydrogen-bond donors (Lipinski definition) is 2. The van der Waals surface area contributed by atoms with Crippen molar-refractivity contribution in [1.29, 1.82) is 0 Å². The van der Waals surface area contributed by atoms with Gasteiger partial charge in [0.1, 0.15) is 5.75 Å². The first-order valence-electron chi connectivity index (χ1n) is 6.19. The van der Waals surface area contributed by atoms with Crippen LogP contribution in [0.25, 0.3) is 0 Å². The number of rotatable bonds is 4. The molecule has 0 radical (unpaired) electrons. The van der Waals surface area contributed by atoms with Crippen molar-refractivity contribution in [1.82, 2.24) is 10.6 Å². The molecule has 0 atom stereocenters. The first-order valence-corrected chi connectivity index (χ1v) is 7.18. The van der Waals surface area contributed by atoms with Gasteiger partial charge in [-0.25, -0.2) is 4.79 Å². The number of carbonyl (C=O) groups excluding carboxylic acids is 2. The number of methoxy groups -OCH3 is 1. The van der Waals surface area contributed by atoms with E-state index in [-0.39, 0.29) is 17.2 Å². The molecule has 0 spiro atoms. The predicted molar refractivity (Wildman–Crippen MR) is 80.1 cm³/mol. The Morgan fingerprint density at radius 2 is 1.90 bits per heavy atom. The molecule has 20 heavy (non-hydrogen) atoms. The third-order valence-electron chi connectivity index (χ3n) is 2.17. The van der Waals surface area contributed by atoms with E-state index in [1.807, 2.05) is 45.0 Å². The number of nitrogens with one attached hydrogen (secondary N) is 2. The van der Waals surface area contributed by atoms with Crippen LogP contribution >= 0.6 is 11.8 Å². The highest BCUT2D eigenvalue weighted by atomic mass is 32.2. The zero-order valence-electron chi connectivity index (χ0n) is 12.1. The average Bonchev–Trinajstić information content (AvgIpc) is 2.34. The molecule has 3 amide bonds. The van der Waals surface area contributed by atoms with Crippen molar-refractivity contribution in [3.8, 4) is 5.75 Å². The van der Waals surface area contributed by atoms with Crippen LogP contribution in [0.3, 0.4) is 0 Å². The van der Waals surface area contributed by atoms with Crippen molar-refractivity contribution >= 4 is 23.7 Å². The van der Waals surface area contributed by atoms with Crippen LogP contribution in [0.4, 0.5) is 4.79 Å². The number of hydrogen-bond acceptors (Lipinski definition) is 4. The quantitative estimate of drug-likeness (QED) is 0.837. The monoisotopic (exact) mass is 296 g/mol. The predicted octanol–water partition coefficient (Wildman–Crippen LogP) is 2.41. The molecule has 0 bridgehead atoms. The van der Waals surface area contributed by atoms with E-state index in [4.69, 9.17) is 4.74 Å². The molecule has 5 nitrogen and oxygen atoms in total. The lowest BCUT2D eigenvalue weighted by molar-refractivity contribution is -0.117. The van der Waals surface area contributed by atoms with Crippen molar-refractivity contribution in [2.24, 2.45) is 0 Å². The van der Waals surface area contributed by atoms with E-state index in [9.17, 15) is 9.59 Å². The molecule has 0 fully saturated rings. The Bertz CT molecular complexity index is 484. The van der Waals surface area contributed by atoms with Crippen LogP contribution < -0.4 is 15.4 Å². The Balaban J connectivity index is 2.46. The van der Waals surface area contributed by atoms with Gasteiger partial charge >= 0.3 is 6.03 Å². The SMILES string of the molecule is COc1ccccc1SCC(=O)NC(=O)NC(C)(C)C. The van der Waals surface area contributed by atoms with Crippen molar-refractivity contribution in [2.45, 2.75) is 31.2 Å². The molecule has 1 rings (SSSR count). The van der Waals surface area contributed by atoms with Gasteiger partial charge in [0.15, 0.2) is 0 Å². The maximum atomic E-state index is 11.7. The Kier molecular flexibility index (Phi) is 5.88. The number of thioether (sulfide) groups is 1. The molecule has 1 aromatic carbocycles. The third kappa shape index (κ3) is 5.97. The van der Waals surface area contributed by atoms with Crippen LogP contribution in [0.1, 0.15) is 20.8 Å².